The lowest BCUT2D eigenvalue weighted by atomic mass is 10.2. The van der Waals surface area contributed by atoms with Crippen LogP contribution in [0.4, 0.5) is 17.1 Å². The van der Waals surface area contributed by atoms with Gasteiger partial charge in [-0.3, -0.25) is 19.8 Å². The summed E-state index contributed by atoms with van der Waals surface area (Å²) in [5.74, 6) is 0.528. The number of hydrogen-bond donors (Lipinski definition) is 1. The van der Waals surface area contributed by atoms with E-state index < -0.39 is 4.92 Å². The van der Waals surface area contributed by atoms with E-state index in [0.29, 0.717) is 13.1 Å². The molecule has 0 spiro atoms. The molecule has 0 unspecified atom stereocenters. The number of carbonyl (C=O) groups is 1. The second-order valence-corrected chi connectivity index (χ2v) is 6.84. The molecule has 0 bridgehead atoms. The van der Waals surface area contributed by atoms with Crippen molar-refractivity contribution in [2.24, 2.45) is 0 Å². The molecule has 3 rings (SSSR count). The number of rotatable bonds is 6. The van der Waals surface area contributed by atoms with Crippen molar-refractivity contribution in [1.29, 1.82) is 0 Å². The van der Waals surface area contributed by atoms with Crippen LogP contribution in [-0.4, -0.2) is 55.6 Å². The number of methoxy groups -OCH3 is 1. The van der Waals surface area contributed by atoms with Crippen LogP contribution in [0.1, 0.15) is 0 Å². The highest BCUT2D eigenvalue weighted by molar-refractivity contribution is 6.31. The summed E-state index contributed by atoms with van der Waals surface area (Å²) in [4.78, 5) is 27.2. The normalized spacial score (nSPS) is 14.6. The minimum Gasteiger partial charge on any atom is -0.495 e. The zero-order valence-corrected chi connectivity index (χ0v) is 16.2. The maximum absolute atomic E-state index is 12.4. The monoisotopic (exact) mass is 404 g/mol. The predicted molar refractivity (Wildman–Crippen MR) is 108 cm³/mol. The number of nitro benzene ring substituents is 1. The molecule has 148 valence electrons. The van der Waals surface area contributed by atoms with Crippen molar-refractivity contribution in [3.8, 4) is 5.75 Å². The van der Waals surface area contributed by atoms with E-state index in [4.69, 9.17) is 16.3 Å². The Hall–Kier alpha value is -2.84. The van der Waals surface area contributed by atoms with Crippen LogP contribution >= 0.6 is 11.6 Å². The molecule has 0 atom stereocenters. The van der Waals surface area contributed by atoms with Crippen LogP contribution in [-0.2, 0) is 4.79 Å². The second kappa shape index (κ2) is 8.90. The van der Waals surface area contributed by atoms with Crippen LogP contribution in [0.15, 0.2) is 42.5 Å². The minimum atomic E-state index is -0.562. The molecule has 2 aromatic carbocycles. The van der Waals surface area contributed by atoms with E-state index in [1.54, 1.807) is 7.11 Å². The van der Waals surface area contributed by atoms with Crippen molar-refractivity contribution in [3.63, 3.8) is 0 Å². The summed E-state index contributed by atoms with van der Waals surface area (Å²) in [6.45, 7) is 3.09. The van der Waals surface area contributed by atoms with Crippen molar-refractivity contribution in [2.45, 2.75) is 0 Å². The third-order valence-electron chi connectivity index (χ3n) is 4.60. The Kier molecular flexibility index (Phi) is 6.33. The van der Waals surface area contributed by atoms with Gasteiger partial charge in [0.15, 0.2) is 0 Å². The number of ether oxygens (including phenoxy) is 1. The Morgan fingerprint density at radius 3 is 2.61 bits per heavy atom. The van der Waals surface area contributed by atoms with E-state index in [1.165, 1.54) is 18.2 Å². The molecule has 1 N–H and O–H groups in total. The predicted octanol–water partition coefficient (Wildman–Crippen LogP) is 3.02. The van der Waals surface area contributed by atoms with E-state index in [1.807, 2.05) is 29.2 Å². The number of nitro groups is 1. The fourth-order valence-electron chi connectivity index (χ4n) is 3.19. The number of carbonyl (C=O) groups excluding carboxylic acids is 1. The van der Waals surface area contributed by atoms with E-state index in [-0.39, 0.29) is 28.8 Å². The van der Waals surface area contributed by atoms with Gasteiger partial charge in [0, 0.05) is 37.3 Å². The summed E-state index contributed by atoms with van der Waals surface area (Å²) in [5.41, 5.74) is 0.958. The fourth-order valence-corrected chi connectivity index (χ4v) is 3.36. The molecule has 28 heavy (non-hydrogen) atoms. The van der Waals surface area contributed by atoms with Crippen LogP contribution in [0, 0.1) is 10.1 Å². The molecule has 2 aromatic rings. The summed E-state index contributed by atoms with van der Waals surface area (Å²) in [6, 6.07) is 12.0. The van der Waals surface area contributed by atoms with Crippen LogP contribution in [0.2, 0.25) is 5.02 Å². The standard InChI is InChI=1S/C19H21ClN4O4/c1-28-18-5-3-2-4-16(18)23-10-8-22(9-11-23)13-19(25)21-15-7-6-14(20)12-17(15)24(26)27/h2-7,12H,8-11,13H2,1H3,(H,21,25). The SMILES string of the molecule is COc1ccccc1N1CCN(CC(=O)Nc2ccc(Cl)cc2[N+](=O)[O-])CC1. The second-order valence-electron chi connectivity index (χ2n) is 6.40. The highest BCUT2D eigenvalue weighted by Crippen LogP contribution is 2.29. The molecule has 0 radical (unpaired) electrons. The lowest BCUT2D eigenvalue weighted by molar-refractivity contribution is -0.383. The highest BCUT2D eigenvalue weighted by atomic mass is 35.5. The molecule has 0 saturated carbocycles. The number of amides is 1. The smallest absolute Gasteiger partial charge is 0.294 e. The Morgan fingerprint density at radius 2 is 1.93 bits per heavy atom. The van der Waals surface area contributed by atoms with Gasteiger partial charge in [0.25, 0.3) is 5.69 Å². The van der Waals surface area contributed by atoms with Gasteiger partial charge < -0.3 is 15.0 Å². The van der Waals surface area contributed by atoms with Crippen LogP contribution < -0.4 is 15.0 Å². The molecule has 1 aliphatic rings. The maximum atomic E-state index is 12.4. The van der Waals surface area contributed by atoms with Gasteiger partial charge in [0.2, 0.25) is 5.91 Å². The zero-order valence-electron chi connectivity index (χ0n) is 15.4. The molecule has 1 amide bonds. The lowest BCUT2D eigenvalue weighted by Crippen LogP contribution is -2.48. The summed E-state index contributed by atoms with van der Waals surface area (Å²) >= 11 is 5.80. The quantitative estimate of drug-likeness (QED) is 0.588. The van der Waals surface area contributed by atoms with E-state index in [9.17, 15) is 14.9 Å². The first-order chi connectivity index (χ1) is 13.5. The molecule has 1 fully saturated rings. The molecule has 0 aliphatic carbocycles. The molecule has 1 aliphatic heterocycles. The zero-order chi connectivity index (χ0) is 20.1. The molecule has 0 aromatic heterocycles. The summed E-state index contributed by atoms with van der Waals surface area (Å²) in [7, 11) is 1.65. The Morgan fingerprint density at radius 1 is 1.21 bits per heavy atom. The number of halogens is 1. The van der Waals surface area contributed by atoms with Crippen molar-refractivity contribution in [3.05, 3.63) is 57.6 Å². The van der Waals surface area contributed by atoms with Gasteiger partial charge >= 0.3 is 0 Å². The molecular weight excluding hydrogens is 384 g/mol. The van der Waals surface area contributed by atoms with Gasteiger partial charge in [-0.15, -0.1) is 0 Å². The van der Waals surface area contributed by atoms with Gasteiger partial charge in [0.05, 0.1) is 24.3 Å². The first kappa shape index (κ1) is 19.9. The fraction of sp³-hybridized carbons (Fsp3) is 0.316. The van der Waals surface area contributed by atoms with Gasteiger partial charge in [-0.1, -0.05) is 23.7 Å². The Labute approximate surface area is 167 Å². The average molecular weight is 405 g/mol. The highest BCUT2D eigenvalue weighted by Gasteiger charge is 2.22. The van der Waals surface area contributed by atoms with Crippen molar-refractivity contribution < 1.29 is 14.5 Å². The van der Waals surface area contributed by atoms with E-state index >= 15 is 0 Å². The van der Waals surface area contributed by atoms with Gasteiger partial charge in [-0.2, -0.15) is 0 Å². The summed E-state index contributed by atoms with van der Waals surface area (Å²) in [5, 5.41) is 14.0. The minimum absolute atomic E-state index is 0.145. The molecular formula is C19H21ClN4O4. The van der Waals surface area contributed by atoms with Crippen LogP contribution in [0.25, 0.3) is 0 Å². The number of piperazine rings is 1. The summed E-state index contributed by atoms with van der Waals surface area (Å²) < 4.78 is 5.41. The molecule has 1 saturated heterocycles. The first-order valence-electron chi connectivity index (χ1n) is 8.82. The maximum Gasteiger partial charge on any atom is 0.294 e. The number of benzene rings is 2. The first-order valence-corrected chi connectivity index (χ1v) is 9.20. The van der Waals surface area contributed by atoms with Gasteiger partial charge in [0.1, 0.15) is 11.4 Å². The van der Waals surface area contributed by atoms with Crippen molar-refractivity contribution in [1.82, 2.24) is 4.90 Å². The number of anilines is 2. The topological polar surface area (TPSA) is 88.0 Å². The average Bonchev–Trinajstić information content (AvgIpc) is 2.69. The van der Waals surface area contributed by atoms with E-state index in [0.717, 1.165) is 24.5 Å². The number of nitrogens with zero attached hydrogens (tertiary/aromatic N) is 3. The third kappa shape index (κ3) is 4.71. The number of para-hydroxylation sites is 2. The molecule has 8 nitrogen and oxygen atoms in total. The van der Waals surface area contributed by atoms with Gasteiger partial charge in [-0.05, 0) is 24.3 Å². The number of hydrogen-bond acceptors (Lipinski definition) is 6. The lowest BCUT2D eigenvalue weighted by Gasteiger charge is -2.36. The number of nitrogens with one attached hydrogen (secondary N) is 1. The van der Waals surface area contributed by atoms with Crippen molar-refractivity contribution >= 4 is 34.6 Å². The Balaban J connectivity index is 1.57. The molecule has 1 heterocycles. The molecule has 9 heteroatoms. The van der Waals surface area contributed by atoms with Crippen LogP contribution in [0.3, 0.4) is 0 Å². The van der Waals surface area contributed by atoms with E-state index in [2.05, 4.69) is 10.2 Å². The third-order valence-corrected chi connectivity index (χ3v) is 4.83. The van der Waals surface area contributed by atoms with Crippen LogP contribution in [0.5, 0.6) is 5.75 Å². The largest absolute Gasteiger partial charge is 0.495 e. The van der Waals surface area contributed by atoms with Gasteiger partial charge in [-0.25, -0.2) is 0 Å². The Bertz CT molecular complexity index is 869. The van der Waals surface area contributed by atoms with Crippen molar-refractivity contribution in [2.75, 3.05) is 50.1 Å². The summed E-state index contributed by atoms with van der Waals surface area (Å²) in [6.07, 6.45) is 0.